The Kier molecular flexibility index (Phi) is 0.799. The average Bonchev–Trinajstić information content (AvgIpc) is 2.36. The molecule has 2 fully saturated rings. The van der Waals surface area contributed by atoms with Gasteiger partial charge >= 0.3 is 0 Å². The number of hydrogen-bond donors (Lipinski definition) is 1. The molecule has 0 aromatic rings. The van der Waals surface area contributed by atoms with E-state index in [0.717, 1.165) is 0 Å². The molecule has 4 unspecified atom stereocenters. The lowest BCUT2D eigenvalue weighted by atomic mass is 9.79. The van der Waals surface area contributed by atoms with Gasteiger partial charge in [-0.25, -0.2) is 8.78 Å². The van der Waals surface area contributed by atoms with Crippen molar-refractivity contribution in [2.24, 2.45) is 11.1 Å². The van der Waals surface area contributed by atoms with Crippen LogP contribution in [0.1, 0.15) is 12.8 Å². The number of halogens is 2. The topological polar surface area (TPSA) is 26.0 Å². The van der Waals surface area contributed by atoms with Gasteiger partial charge in [0, 0.05) is 6.04 Å². The number of nitrogens with two attached hydrogens (primary N) is 1. The molecule has 0 amide bonds. The summed E-state index contributed by atoms with van der Waals surface area (Å²) in [7, 11) is 0. The van der Waals surface area contributed by atoms with Crippen LogP contribution in [0.25, 0.3) is 0 Å². The van der Waals surface area contributed by atoms with Crippen LogP contribution < -0.4 is 5.73 Å². The summed E-state index contributed by atoms with van der Waals surface area (Å²) in [6.07, 6.45) is -0.853. The van der Waals surface area contributed by atoms with Crippen molar-refractivity contribution in [1.82, 2.24) is 0 Å². The van der Waals surface area contributed by atoms with Crippen LogP contribution in [0.15, 0.2) is 0 Å². The van der Waals surface area contributed by atoms with Crippen molar-refractivity contribution in [2.75, 3.05) is 0 Å². The van der Waals surface area contributed by atoms with Crippen molar-refractivity contribution in [3.05, 3.63) is 0 Å². The van der Waals surface area contributed by atoms with Crippen LogP contribution in [0.2, 0.25) is 0 Å². The van der Waals surface area contributed by atoms with Crippen LogP contribution in [-0.4, -0.2) is 18.4 Å². The van der Waals surface area contributed by atoms with Gasteiger partial charge in [0.15, 0.2) is 0 Å². The standard InChI is InChI=1S/C6H9F2N/c7-3-1-2-6(3)4(8)5(6)9/h3-5H,1-2,9H2. The van der Waals surface area contributed by atoms with E-state index in [1.165, 1.54) is 0 Å². The van der Waals surface area contributed by atoms with E-state index in [4.69, 9.17) is 5.73 Å². The fraction of sp³-hybridized carbons (Fsp3) is 1.00. The Hall–Kier alpha value is -0.180. The quantitative estimate of drug-likeness (QED) is 0.519. The summed E-state index contributed by atoms with van der Waals surface area (Å²) in [5, 5.41) is 0. The highest BCUT2D eigenvalue weighted by Crippen LogP contribution is 2.62. The second-order valence-electron chi connectivity index (χ2n) is 3.05. The minimum Gasteiger partial charge on any atom is -0.325 e. The van der Waals surface area contributed by atoms with Crippen LogP contribution in [0.5, 0.6) is 0 Å². The van der Waals surface area contributed by atoms with Crippen LogP contribution in [0, 0.1) is 5.41 Å². The second-order valence-corrected chi connectivity index (χ2v) is 3.05. The first-order chi connectivity index (χ1) is 4.19. The smallest absolute Gasteiger partial charge is 0.126 e. The summed E-state index contributed by atoms with van der Waals surface area (Å²) in [4.78, 5) is 0. The maximum Gasteiger partial charge on any atom is 0.126 e. The van der Waals surface area contributed by atoms with E-state index in [-0.39, 0.29) is 0 Å². The summed E-state index contributed by atoms with van der Waals surface area (Å²) in [5.41, 5.74) is 4.57. The SMILES string of the molecule is NC1C(F)C12CCC2F. The minimum absolute atomic E-state index is 0.499. The van der Waals surface area contributed by atoms with E-state index in [1.807, 2.05) is 0 Å². The lowest BCUT2D eigenvalue weighted by Crippen LogP contribution is -2.35. The molecule has 0 saturated heterocycles. The van der Waals surface area contributed by atoms with E-state index < -0.39 is 23.8 Å². The Labute approximate surface area is 52.2 Å². The summed E-state index contributed by atoms with van der Waals surface area (Å²) >= 11 is 0. The lowest BCUT2D eigenvalue weighted by Gasteiger charge is -2.30. The molecule has 0 heterocycles. The van der Waals surface area contributed by atoms with E-state index in [9.17, 15) is 8.78 Å². The molecule has 1 spiro atoms. The van der Waals surface area contributed by atoms with E-state index in [0.29, 0.717) is 12.8 Å². The zero-order chi connectivity index (χ0) is 6.65. The molecule has 2 N–H and O–H groups in total. The molecule has 0 aromatic carbocycles. The minimum atomic E-state index is -1.05. The third-order valence-corrected chi connectivity index (χ3v) is 2.75. The molecule has 2 aliphatic carbocycles. The molecule has 2 rings (SSSR count). The first kappa shape index (κ1) is 5.59. The largest absolute Gasteiger partial charge is 0.325 e. The van der Waals surface area contributed by atoms with Gasteiger partial charge in [0.05, 0.1) is 5.41 Å². The summed E-state index contributed by atoms with van der Waals surface area (Å²) in [6, 6.07) is -0.499. The lowest BCUT2D eigenvalue weighted by molar-refractivity contribution is 0.0646. The molecule has 2 aliphatic rings. The van der Waals surface area contributed by atoms with Crippen molar-refractivity contribution in [2.45, 2.75) is 31.2 Å². The molecular formula is C6H9F2N. The van der Waals surface area contributed by atoms with Gasteiger partial charge in [0.2, 0.25) is 0 Å². The number of hydrogen-bond acceptors (Lipinski definition) is 1. The number of alkyl halides is 2. The molecule has 2 saturated carbocycles. The highest BCUT2D eigenvalue weighted by molar-refractivity contribution is 5.24. The van der Waals surface area contributed by atoms with E-state index in [1.54, 1.807) is 0 Å². The zero-order valence-corrected chi connectivity index (χ0v) is 4.98. The van der Waals surface area contributed by atoms with Gasteiger partial charge in [-0.05, 0) is 12.8 Å². The van der Waals surface area contributed by atoms with Crippen molar-refractivity contribution < 1.29 is 8.78 Å². The van der Waals surface area contributed by atoms with Crippen molar-refractivity contribution in [1.29, 1.82) is 0 Å². The Bertz CT molecular complexity index is 132. The van der Waals surface area contributed by atoms with E-state index >= 15 is 0 Å². The summed E-state index contributed by atoms with van der Waals surface area (Å²) < 4.78 is 25.0. The highest BCUT2D eigenvalue weighted by Gasteiger charge is 2.73. The molecule has 0 aliphatic heterocycles. The Morgan fingerprint density at radius 3 is 2.00 bits per heavy atom. The molecule has 0 bridgehead atoms. The van der Waals surface area contributed by atoms with Gasteiger partial charge in [0.1, 0.15) is 12.3 Å². The fourth-order valence-corrected chi connectivity index (χ4v) is 1.71. The first-order valence-electron chi connectivity index (χ1n) is 3.23. The summed E-state index contributed by atoms with van der Waals surface area (Å²) in [6.45, 7) is 0. The Morgan fingerprint density at radius 1 is 1.44 bits per heavy atom. The highest BCUT2D eigenvalue weighted by atomic mass is 19.1. The molecule has 3 heteroatoms. The predicted molar refractivity (Wildman–Crippen MR) is 29.4 cm³/mol. The normalized spacial score (nSPS) is 63.7. The maximum absolute atomic E-state index is 12.5. The Balaban J connectivity index is 2.12. The van der Waals surface area contributed by atoms with Crippen LogP contribution in [-0.2, 0) is 0 Å². The summed E-state index contributed by atoms with van der Waals surface area (Å²) in [5.74, 6) is 0. The maximum atomic E-state index is 12.5. The third kappa shape index (κ3) is 0.397. The van der Waals surface area contributed by atoms with Gasteiger partial charge in [-0.1, -0.05) is 0 Å². The van der Waals surface area contributed by atoms with Crippen LogP contribution in [0.3, 0.4) is 0 Å². The van der Waals surface area contributed by atoms with Crippen molar-refractivity contribution in [3.8, 4) is 0 Å². The van der Waals surface area contributed by atoms with Gasteiger partial charge < -0.3 is 5.73 Å². The third-order valence-electron chi connectivity index (χ3n) is 2.75. The molecule has 52 valence electrons. The van der Waals surface area contributed by atoms with Crippen LogP contribution in [0.4, 0.5) is 8.78 Å². The monoisotopic (exact) mass is 133 g/mol. The van der Waals surface area contributed by atoms with Crippen LogP contribution >= 0.6 is 0 Å². The zero-order valence-electron chi connectivity index (χ0n) is 4.98. The molecule has 0 aromatic heterocycles. The number of rotatable bonds is 0. The average molecular weight is 133 g/mol. The second kappa shape index (κ2) is 1.29. The van der Waals surface area contributed by atoms with Gasteiger partial charge in [-0.3, -0.25) is 0 Å². The molecule has 0 radical (unpaired) electrons. The molecule has 4 atom stereocenters. The fourth-order valence-electron chi connectivity index (χ4n) is 1.71. The molecular weight excluding hydrogens is 124 g/mol. The van der Waals surface area contributed by atoms with Crippen molar-refractivity contribution in [3.63, 3.8) is 0 Å². The predicted octanol–water partition coefficient (Wildman–Crippen LogP) is 0.784. The molecule has 9 heavy (non-hydrogen) atoms. The van der Waals surface area contributed by atoms with E-state index in [2.05, 4.69) is 0 Å². The molecule has 1 nitrogen and oxygen atoms in total. The Morgan fingerprint density at radius 2 is 2.00 bits per heavy atom. The van der Waals surface area contributed by atoms with Gasteiger partial charge in [0.25, 0.3) is 0 Å². The van der Waals surface area contributed by atoms with Gasteiger partial charge in [-0.2, -0.15) is 0 Å². The van der Waals surface area contributed by atoms with Gasteiger partial charge in [-0.15, -0.1) is 0 Å². The van der Waals surface area contributed by atoms with Crippen molar-refractivity contribution >= 4 is 0 Å². The first-order valence-corrected chi connectivity index (χ1v) is 3.23.